The number of hydrogen-bond donors (Lipinski definition) is 2. The van der Waals surface area contributed by atoms with E-state index in [-0.39, 0.29) is 4.90 Å². The molecule has 0 spiro atoms. The number of rotatable bonds is 3. The van der Waals surface area contributed by atoms with Crippen molar-refractivity contribution >= 4 is 69.2 Å². The summed E-state index contributed by atoms with van der Waals surface area (Å²) >= 11 is 9.85. The monoisotopic (exact) mass is 496 g/mol. The lowest BCUT2D eigenvalue weighted by molar-refractivity contribution is 0.600. The number of nitrogens with one attached hydrogen (secondary N) is 1. The summed E-state index contributed by atoms with van der Waals surface area (Å²) < 4.78 is 29.2. The zero-order valence-electron chi connectivity index (χ0n) is 10.8. The Kier molecular flexibility index (Phi) is 5.02. The molecule has 0 unspecified atom stereocenters. The van der Waals surface area contributed by atoms with Crippen molar-refractivity contribution in [1.29, 1.82) is 0 Å². The van der Waals surface area contributed by atoms with Crippen LogP contribution in [0.5, 0.6) is 0 Å². The van der Waals surface area contributed by atoms with Crippen LogP contribution in [0.2, 0.25) is 0 Å². The van der Waals surface area contributed by atoms with Crippen LogP contribution in [0.1, 0.15) is 5.56 Å². The van der Waals surface area contributed by atoms with Crippen LogP contribution >= 0.6 is 47.8 Å². The first-order valence-corrected chi connectivity index (χ1v) is 9.60. The molecular weight excluding hydrogens is 488 g/mol. The summed E-state index contributed by atoms with van der Waals surface area (Å²) in [6.07, 6.45) is 0. The molecule has 0 heterocycles. The van der Waals surface area contributed by atoms with Gasteiger partial charge in [0.05, 0.1) is 0 Å². The van der Waals surface area contributed by atoms with Crippen LogP contribution < -0.4 is 10.5 Å². The second-order valence-corrected chi connectivity index (χ2v) is 8.57. The van der Waals surface area contributed by atoms with Gasteiger partial charge in [-0.3, -0.25) is 4.72 Å². The SMILES string of the molecule is Cc1ccc(NS(=O)(=O)c2c(Br)cc(N)cc2Br)cc1Br. The molecule has 0 radical (unpaired) electrons. The number of hydrogen-bond acceptors (Lipinski definition) is 3. The van der Waals surface area contributed by atoms with Gasteiger partial charge in [0.2, 0.25) is 0 Å². The number of aryl methyl sites for hydroxylation is 1. The maximum Gasteiger partial charge on any atom is 0.264 e. The first-order chi connectivity index (χ1) is 9.70. The van der Waals surface area contributed by atoms with Gasteiger partial charge in [0.15, 0.2) is 0 Å². The third-order valence-corrected chi connectivity index (χ3v) is 6.83. The molecule has 8 heteroatoms. The number of anilines is 2. The quantitative estimate of drug-likeness (QED) is 0.604. The lowest BCUT2D eigenvalue weighted by atomic mass is 10.2. The highest BCUT2D eigenvalue weighted by Gasteiger charge is 2.22. The molecule has 0 aliphatic heterocycles. The van der Waals surface area contributed by atoms with E-state index in [0.717, 1.165) is 10.0 Å². The van der Waals surface area contributed by atoms with E-state index in [0.29, 0.717) is 20.3 Å². The Balaban J connectivity index is 2.46. The molecule has 0 saturated heterocycles. The van der Waals surface area contributed by atoms with E-state index in [2.05, 4.69) is 52.5 Å². The molecule has 0 aliphatic rings. The summed E-state index contributed by atoms with van der Waals surface area (Å²) in [6.45, 7) is 1.93. The highest BCUT2D eigenvalue weighted by atomic mass is 79.9. The summed E-state index contributed by atoms with van der Waals surface area (Å²) in [5.41, 5.74) is 7.64. The number of benzene rings is 2. The van der Waals surface area contributed by atoms with E-state index >= 15 is 0 Å². The topological polar surface area (TPSA) is 72.2 Å². The molecule has 0 bridgehead atoms. The minimum absolute atomic E-state index is 0.105. The summed E-state index contributed by atoms with van der Waals surface area (Å²) in [7, 11) is -3.74. The predicted molar refractivity (Wildman–Crippen MR) is 95.9 cm³/mol. The second-order valence-electron chi connectivity index (χ2n) is 4.38. The molecule has 21 heavy (non-hydrogen) atoms. The summed E-state index contributed by atoms with van der Waals surface area (Å²) in [5.74, 6) is 0. The summed E-state index contributed by atoms with van der Waals surface area (Å²) in [4.78, 5) is 0.105. The Morgan fingerprint density at radius 2 is 1.57 bits per heavy atom. The zero-order chi connectivity index (χ0) is 15.8. The Bertz CT molecular complexity index is 784. The van der Waals surface area contributed by atoms with Crippen LogP contribution in [0, 0.1) is 6.92 Å². The van der Waals surface area contributed by atoms with Gasteiger partial charge in [-0.1, -0.05) is 22.0 Å². The third kappa shape index (κ3) is 3.80. The van der Waals surface area contributed by atoms with Crippen molar-refractivity contribution in [2.24, 2.45) is 0 Å². The van der Waals surface area contributed by atoms with E-state index in [1.807, 2.05) is 13.0 Å². The molecule has 112 valence electrons. The zero-order valence-corrected chi connectivity index (χ0v) is 16.4. The maximum absolute atomic E-state index is 12.5. The van der Waals surface area contributed by atoms with Crippen LogP contribution in [-0.4, -0.2) is 8.42 Å². The number of halogens is 3. The maximum atomic E-state index is 12.5. The molecule has 0 aliphatic carbocycles. The van der Waals surface area contributed by atoms with Crippen molar-refractivity contribution in [3.8, 4) is 0 Å². The normalized spacial score (nSPS) is 11.4. The second kappa shape index (κ2) is 6.28. The Morgan fingerprint density at radius 3 is 2.10 bits per heavy atom. The van der Waals surface area contributed by atoms with Gasteiger partial charge < -0.3 is 5.73 Å². The summed E-state index contributed by atoms with van der Waals surface area (Å²) in [6, 6.07) is 8.34. The Morgan fingerprint density at radius 1 is 1.00 bits per heavy atom. The molecule has 3 N–H and O–H groups in total. The van der Waals surface area contributed by atoms with Crippen LogP contribution in [0.15, 0.2) is 48.6 Å². The molecule has 2 aromatic carbocycles. The standard InChI is InChI=1S/C13H11Br3N2O2S/c1-7-2-3-9(6-10(7)14)18-21(19,20)13-11(15)4-8(17)5-12(13)16/h2-6,18H,17H2,1H3. The molecule has 0 aromatic heterocycles. The van der Waals surface area contributed by atoms with Crippen LogP contribution in [0.3, 0.4) is 0 Å². The molecular formula is C13H11Br3N2O2S. The van der Waals surface area contributed by atoms with Crippen molar-refractivity contribution < 1.29 is 8.42 Å². The minimum Gasteiger partial charge on any atom is -0.399 e. The van der Waals surface area contributed by atoms with E-state index in [4.69, 9.17) is 5.73 Å². The van der Waals surface area contributed by atoms with E-state index in [1.54, 1.807) is 24.3 Å². The van der Waals surface area contributed by atoms with Gasteiger partial charge in [-0.2, -0.15) is 0 Å². The largest absolute Gasteiger partial charge is 0.399 e. The first kappa shape index (κ1) is 16.8. The van der Waals surface area contributed by atoms with Gasteiger partial charge in [-0.05, 0) is 68.6 Å². The van der Waals surface area contributed by atoms with Gasteiger partial charge in [-0.15, -0.1) is 0 Å². The molecule has 0 atom stereocenters. The molecule has 0 saturated carbocycles. The Hall–Kier alpha value is -0.570. The van der Waals surface area contributed by atoms with E-state index in [9.17, 15) is 8.42 Å². The van der Waals surface area contributed by atoms with Gasteiger partial charge in [0, 0.05) is 24.8 Å². The van der Waals surface area contributed by atoms with Crippen molar-refractivity contribution in [2.75, 3.05) is 10.5 Å². The molecule has 0 fully saturated rings. The lowest BCUT2D eigenvalue weighted by Crippen LogP contribution is -2.14. The molecule has 2 rings (SSSR count). The molecule has 2 aromatic rings. The van der Waals surface area contributed by atoms with Gasteiger partial charge >= 0.3 is 0 Å². The molecule has 0 amide bonds. The van der Waals surface area contributed by atoms with Crippen molar-refractivity contribution in [2.45, 2.75) is 11.8 Å². The van der Waals surface area contributed by atoms with Gasteiger partial charge in [0.1, 0.15) is 4.90 Å². The fourth-order valence-corrected chi connectivity index (χ4v) is 5.75. The van der Waals surface area contributed by atoms with Crippen LogP contribution in [-0.2, 0) is 10.0 Å². The number of nitrogens with two attached hydrogens (primary N) is 1. The fourth-order valence-electron chi connectivity index (χ4n) is 1.70. The number of nitrogen functional groups attached to an aromatic ring is 1. The first-order valence-electron chi connectivity index (χ1n) is 5.74. The van der Waals surface area contributed by atoms with Crippen molar-refractivity contribution in [3.05, 3.63) is 49.3 Å². The summed E-state index contributed by atoms with van der Waals surface area (Å²) in [5, 5.41) is 0. The lowest BCUT2D eigenvalue weighted by Gasteiger charge is -2.13. The fraction of sp³-hybridized carbons (Fsp3) is 0.0769. The van der Waals surface area contributed by atoms with Crippen LogP contribution in [0.25, 0.3) is 0 Å². The van der Waals surface area contributed by atoms with Gasteiger partial charge in [-0.25, -0.2) is 8.42 Å². The van der Waals surface area contributed by atoms with E-state index < -0.39 is 10.0 Å². The number of sulfonamides is 1. The average Bonchev–Trinajstić information content (AvgIpc) is 2.31. The van der Waals surface area contributed by atoms with Crippen LogP contribution in [0.4, 0.5) is 11.4 Å². The third-order valence-electron chi connectivity index (χ3n) is 2.71. The Labute approximate surface area is 148 Å². The average molecular weight is 499 g/mol. The highest BCUT2D eigenvalue weighted by Crippen LogP contribution is 2.34. The predicted octanol–water partition coefficient (Wildman–Crippen LogP) is 4.67. The molecule has 4 nitrogen and oxygen atoms in total. The van der Waals surface area contributed by atoms with Crippen molar-refractivity contribution in [1.82, 2.24) is 0 Å². The van der Waals surface area contributed by atoms with E-state index in [1.165, 1.54) is 0 Å². The highest BCUT2D eigenvalue weighted by molar-refractivity contribution is 9.11. The minimum atomic E-state index is -3.74. The van der Waals surface area contributed by atoms with Gasteiger partial charge in [0.25, 0.3) is 10.0 Å². The van der Waals surface area contributed by atoms with Crippen molar-refractivity contribution in [3.63, 3.8) is 0 Å². The smallest absolute Gasteiger partial charge is 0.264 e.